The maximum absolute atomic E-state index is 12.9. The van der Waals surface area contributed by atoms with Crippen molar-refractivity contribution in [3.8, 4) is 5.75 Å². The van der Waals surface area contributed by atoms with Crippen molar-refractivity contribution in [1.82, 2.24) is 5.32 Å². The Hall–Kier alpha value is -1.73. The topological polar surface area (TPSA) is 73.6 Å². The predicted molar refractivity (Wildman–Crippen MR) is 88.4 cm³/mol. The van der Waals surface area contributed by atoms with Crippen LogP contribution in [0.25, 0.3) is 0 Å². The zero-order valence-corrected chi connectivity index (χ0v) is 14.1. The Kier molecular flexibility index (Phi) is 5.54. The Morgan fingerprint density at radius 2 is 2.16 bits per heavy atom. The van der Waals surface area contributed by atoms with Crippen LogP contribution in [-0.2, 0) is 16.0 Å². The molecule has 138 valence electrons. The lowest BCUT2D eigenvalue weighted by Crippen LogP contribution is -2.50. The van der Waals surface area contributed by atoms with Gasteiger partial charge in [0, 0.05) is 19.8 Å². The first-order chi connectivity index (χ1) is 12.0. The van der Waals surface area contributed by atoms with Crippen LogP contribution in [0.1, 0.15) is 42.9 Å². The van der Waals surface area contributed by atoms with Crippen molar-refractivity contribution < 1.29 is 23.0 Å². The monoisotopic (exact) mass is 354 g/mol. The van der Waals surface area contributed by atoms with Crippen molar-refractivity contribution >= 4 is 5.91 Å². The van der Waals surface area contributed by atoms with Crippen LogP contribution in [0.15, 0.2) is 18.2 Å². The minimum Gasteiger partial charge on any atom is -0.435 e. The van der Waals surface area contributed by atoms with E-state index in [4.69, 9.17) is 10.5 Å². The van der Waals surface area contributed by atoms with Gasteiger partial charge in [0.1, 0.15) is 5.75 Å². The van der Waals surface area contributed by atoms with Crippen molar-refractivity contribution in [3.63, 3.8) is 0 Å². The van der Waals surface area contributed by atoms with Gasteiger partial charge in [-0.25, -0.2) is 0 Å². The van der Waals surface area contributed by atoms with E-state index in [1.54, 1.807) is 12.1 Å². The molecule has 1 aliphatic heterocycles. The minimum atomic E-state index is -2.84. The van der Waals surface area contributed by atoms with Crippen LogP contribution in [0.5, 0.6) is 5.75 Å². The van der Waals surface area contributed by atoms with Gasteiger partial charge in [0.2, 0.25) is 5.91 Å². The fourth-order valence-electron chi connectivity index (χ4n) is 3.71. The zero-order valence-electron chi connectivity index (χ0n) is 14.1. The summed E-state index contributed by atoms with van der Waals surface area (Å²) in [5.41, 5.74) is 7.25. The molecule has 7 heteroatoms. The molecule has 1 amide bonds. The van der Waals surface area contributed by atoms with Gasteiger partial charge in [-0.1, -0.05) is 6.07 Å². The number of rotatable bonds is 5. The fourth-order valence-corrected chi connectivity index (χ4v) is 3.71. The third-order valence-corrected chi connectivity index (χ3v) is 5.28. The van der Waals surface area contributed by atoms with Crippen LogP contribution in [-0.4, -0.2) is 32.3 Å². The van der Waals surface area contributed by atoms with Gasteiger partial charge >= 0.3 is 6.61 Å². The lowest BCUT2D eigenvalue weighted by molar-refractivity contribution is -0.136. The number of halogens is 2. The van der Waals surface area contributed by atoms with Gasteiger partial charge in [-0.3, -0.25) is 4.79 Å². The SMILES string of the molecule is NCC1(C(=O)NC2CCCc3cc(OC(F)F)ccc32)CCOCC1. The number of fused-ring (bicyclic) bond motifs is 1. The van der Waals surface area contributed by atoms with Crippen molar-refractivity contribution in [1.29, 1.82) is 0 Å². The summed E-state index contributed by atoms with van der Waals surface area (Å²) in [6.07, 6.45) is 3.74. The molecule has 1 atom stereocenters. The number of ether oxygens (including phenoxy) is 2. The van der Waals surface area contributed by atoms with Crippen LogP contribution in [0, 0.1) is 5.41 Å². The smallest absolute Gasteiger partial charge is 0.387 e. The molecule has 1 aromatic carbocycles. The fraction of sp³-hybridized carbons (Fsp3) is 0.611. The largest absolute Gasteiger partial charge is 0.435 e. The van der Waals surface area contributed by atoms with E-state index in [1.807, 2.05) is 0 Å². The van der Waals surface area contributed by atoms with E-state index < -0.39 is 12.0 Å². The van der Waals surface area contributed by atoms with Crippen LogP contribution in [0.2, 0.25) is 0 Å². The predicted octanol–water partition coefficient (Wildman–Crippen LogP) is 2.54. The van der Waals surface area contributed by atoms with Crippen molar-refractivity contribution in [2.45, 2.75) is 44.8 Å². The Morgan fingerprint density at radius 1 is 1.40 bits per heavy atom. The van der Waals surface area contributed by atoms with Gasteiger partial charge in [-0.15, -0.1) is 0 Å². The first-order valence-electron chi connectivity index (χ1n) is 8.70. The van der Waals surface area contributed by atoms with Gasteiger partial charge in [0.05, 0.1) is 11.5 Å². The van der Waals surface area contributed by atoms with E-state index in [0.717, 1.165) is 30.4 Å². The molecule has 0 radical (unpaired) electrons. The van der Waals surface area contributed by atoms with Gasteiger partial charge in [-0.2, -0.15) is 8.78 Å². The lowest BCUT2D eigenvalue weighted by Gasteiger charge is -2.37. The number of amides is 1. The highest BCUT2D eigenvalue weighted by molar-refractivity contribution is 5.83. The minimum absolute atomic E-state index is 0.0379. The number of hydrogen-bond donors (Lipinski definition) is 2. The van der Waals surface area contributed by atoms with Crippen molar-refractivity contribution in [2.75, 3.05) is 19.8 Å². The Bertz CT molecular complexity index is 618. The summed E-state index contributed by atoms with van der Waals surface area (Å²) in [5.74, 6) is 0.118. The maximum atomic E-state index is 12.9. The molecule has 1 aromatic rings. The first-order valence-corrected chi connectivity index (χ1v) is 8.70. The molecule has 1 fully saturated rings. The number of benzene rings is 1. The molecule has 1 heterocycles. The quantitative estimate of drug-likeness (QED) is 0.852. The lowest BCUT2D eigenvalue weighted by atomic mass is 9.78. The molecular formula is C18H24F2N2O3. The van der Waals surface area contributed by atoms with Crippen molar-refractivity contribution in [3.05, 3.63) is 29.3 Å². The number of carbonyl (C=O) groups excluding carboxylic acids is 1. The summed E-state index contributed by atoms with van der Waals surface area (Å²) < 4.78 is 34.6. The van der Waals surface area contributed by atoms with E-state index in [2.05, 4.69) is 10.1 Å². The molecule has 0 saturated carbocycles. The summed E-state index contributed by atoms with van der Waals surface area (Å²) in [6.45, 7) is -1.46. The van der Waals surface area contributed by atoms with E-state index in [1.165, 1.54) is 6.07 Å². The number of nitrogens with two attached hydrogens (primary N) is 1. The molecule has 1 saturated heterocycles. The third-order valence-electron chi connectivity index (χ3n) is 5.28. The molecule has 0 spiro atoms. The van der Waals surface area contributed by atoms with Crippen LogP contribution in [0.3, 0.4) is 0 Å². The molecule has 1 aliphatic carbocycles. The Balaban J connectivity index is 1.75. The Labute approximate surface area is 145 Å². The molecule has 3 rings (SSSR count). The van der Waals surface area contributed by atoms with Gasteiger partial charge < -0.3 is 20.5 Å². The summed E-state index contributed by atoms with van der Waals surface area (Å²) in [5, 5.41) is 3.13. The van der Waals surface area contributed by atoms with Crippen LogP contribution >= 0.6 is 0 Å². The molecule has 0 bridgehead atoms. The summed E-state index contributed by atoms with van der Waals surface area (Å²) in [7, 11) is 0. The second-order valence-electron chi connectivity index (χ2n) is 6.75. The van der Waals surface area contributed by atoms with Crippen LogP contribution in [0.4, 0.5) is 8.78 Å². The summed E-state index contributed by atoms with van der Waals surface area (Å²) in [4.78, 5) is 12.9. The number of carbonyl (C=O) groups is 1. The third kappa shape index (κ3) is 3.93. The highest BCUT2D eigenvalue weighted by Gasteiger charge is 2.40. The molecule has 0 aromatic heterocycles. The molecule has 3 N–H and O–H groups in total. The van der Waals surface area contributed by atoms with Gasteiger partial charge in [-0.05, 0) is 55.4 Å². The normalized spacial score (nSPS) is 22.3. The number of nitrogens with one attached hydrogen (secondary N) is 1. The summed E-state index contributed by atoms with van der Waals surface area (Å²) in [6, 6.07) is 4.83. The standard InChI is InChI=1S/C18H24F2N2O3/c19-17(20)25-13-4-5-14-12(10-13)2-1-3-15(14)22-16(23)18(11-21)6-8-24-9-7-18/h4-5,10,15,17H,1-3,6-9,11,21H2,(H,22,23). The van der Waals surface area contributed by atoms with E-state index >= 15 is 0 Å². The number of alkyl halides is 2. The van der Waals surface area contributed by atoms with Gasteiger partial charge in [0.25, 0.3) is 0 Å². The average molecular weight is 354 g/mol. The summed E-state index contributed by atoms with van der Waals surface area (Å²) >= 11 is 0. The molecule has 25 heavy (non-hydrogen) atoms. The average Bonchev–Trinajstić information content (AvgIpc) is 2.61. The zero-order chi connectivity index (χ0) is 17.9. The molecular weight excluding hydrogens is 330 g/mol. The second kappa shape index (κ2) is 7.66. The molecule has 5 nitrogen and oxygen atoms in total. The van der Waals surface area contributed by atoms with E-state index in [-0.39, 0.29) is 17.7 Å². The number of aryl methyl sites for hydroxylation is 1. The molecule has 2 aliphatic rings. The number of hydrogen-bond acceptors (Lipinski definition) is 4. The first kappa shape index (κ1) is 18.1. The van der Waals surface area contributed by atoms with Crippen molar-refractivity contribution in [2.24, 2.45) is 11.1 Å². The maximum Gasteiger partial charge on any atom is 0.387 e. The van der Waals surface area contributed by atoms with Gasteiger partial charge in [0.15, 0.2) is 0 Å². The van der Waals surface area contributed by atoms with E-state index in [0.29, 0.717) is 32.6 Å². The van der Waals surface area contributed by atoms with E-state index in [9.17, 15) is 13.6 Å². The molecule has 1 unspecified atom stereocenters. The second-order valence-corrected chi connectivity index (χ2v) is 6.75. The Morgan fingerprint density at radius 3 is 2.84 bits per heavy atom. The highest BCUT2D eigenvalue weighted by atomic mass is 19.3. The highest BCUT2D eigenvalue weighted by Crippen LogP contribution is 2.35. The van der Waals surface area contributed by atoms with Crippen LogP contribution < -0.4 is 15.8 Å².